The van der Waals surface area contributed by atoms with Crippen LogP contribution >= 0.6 is 0 Å². The zero-order valence-corrected chi connectivity index (χ0v) is 15.6. The van der Waals surface area contributed by atoms with Crippen molar-refractivity contribution < 1.29 is 19.4 Å². The maximum atomic E-state index is 12.3. The fraction of sp³-hybridized carbons (Fsp3) is 0.421. The average molecular weight is 359 g/mol. The lowest BCUT2D eigenvalue weighted by Crippen LogP contribution is -2.37. The fourth-order valence-corrected chi connectivity index (χ4v) is 2.89. The minimum absolute atomic E-state index is 0.0688. The summed E-state index contributed by atoms with van der Waals surface area (Å²) in [6.45, 7) is 4.21. The van der Waals surface area contributed by atoms with Crippen molar-refractivity contribution >= 4 is 5.91 Å². The highest BCUT2D eigenvalue weighted by atomic mass is 16.5. The third-order valence-corrected chi connectivity index (χ3v) is 4.11. The molecule has 0 saturated carbocycles. The highest BCUT2D eigenvalue weighted by molar-refractivity contribution is 5.78. The molecule has 0 aliphatic rings. The van der Waals surface area contributed by atoms with Crippen LogP contribution in [0.2, 0.25) is 0 Å². The molecule has 0 spiro atoms. The molecule has 0 aliphatic carbocycles. The summed E-state index contributed by atoms with van der Waals surface area (Å²) in [6.07, 6.45) is 0.341. The SMILES string of the molecule is CCNC(=O)CC(O)(c1ccccc1)c1nc(OC)nc(OC)c1CC. The maximum absolute atomic E-state index is 12.3. The van der Waals surface area contributed by atoms with Gasteiger partial charge >= 0.3 is 6.01 Å². The first-order valence-corrected chi connectivity index (χ1v) is 8.54. The van der Waals surface area contributed by atoms with E-state index < -0.39 is 5.60 Å². The molecule has 26 heavy (non-hydrogen) atoms. The Morgan fingerprint density at radius 2 is 1.85 bits per heavy atom. The molecule has 1 heterocycles. The number of aromatic nitrogens is 2. The Kier molecular flexibility index (Phi) is 6.52. The first-order chi connectivity index (χ1) is 12.5. The lowest BCUT2D eigenvalue weighted by atomic mass is 9.84. The van der Waals surface area contributed by atoms with Gasteiger partial charge in [-0.15, -0.1) is 0 Å². The van der Waals surface area contributed by atoms with Gasteiger partial charge in [-0.25, -0.2) is 0 Å². The first kappa shape index (κ1) is 19.7. The molecule has 2 N–H and O–H groups in total. The molecule has 1 atom stereocenters. The summed E-state index contributed by atoms with van der Waals surface area (Å²) in [4.78, 5) is 20.9. The molecule has 1 aromatic heterocycles. The van der Waals surface area contributed by atoms with Gasteiger partial charge in [-0.1, -0.05) is 37.3 Å². The number of ether oxygens (including phenoxy) is 2. The molecule has 0 aliphatic heterocycles. The van der Waals surface area contributed by atoms with Crippen LogP contribution in [0.25, 0.3) is 0 Å². The van der Waals surface area contributed by atoms with Crippen LogP contribution in [0.15, 0.2) is 30.3 Å². The van der Waals surface area contributed by atoms with Gasteiger partial charge in [-0.3, -0.25) is 4.79 Å². The molecule has 0 saturated heterocycles. The van der Waals surface area contributed by atoms with Crippen LogP contribution in [-0.2, 0) is 16.8 Å². The van der Waals surface area contributed by atoms with Gasteiger partial charge in [0.05, 0.1) is 26.3 Å². The van der Waals surface area contributed by atoms with E-state index in [1.165, 1.54) is 14.2 Å². The molecule has 0 bridgehead atoms. The molecule has 2 rings (SSSR count). The number of hydrogen-bond donors (Lipinski definition) is 2. The standard InChI is InChI=1S/C19H25N3O4/c1-5-14-16(21-18(26-4)22-17(14)25-3)19(24,12-15(23)20-6-2)13-10-8-7-9-11-13/h7-11,24H,5-6,12H2,1-4H3,(H,20,23). The van der Waals surface area contributed by atoms with Crippen LogP contribution in [0, 0.1) is 0 Å². The third kappa shape index (κ3) is 3.94. The summed E-state index contributed by atoms with van der Waals surface area (Å²) in [7, 11) is 2.94. The number of nitrogens with one attached hydrogen (secondary N) is 1. The quantitative estimate of drug-likeness (QED) is 0.747. The number of methoxy groups -OCH3 is 2. The highest BCUT2D eigenvalue weighted by Gasteiger charge is 2.39. The second-order valence-corrected chi connectivity index (χ2v) is 5.76. The van der Waals surface area contributed by atoms with Crippen molar-refractivity contribution in [1.82, 2.24) is 15.3 Å². The Labute approximate surface area is 153 Å². The van der Waals surface area contributed by atoms with E-state index in [4.69, 9.17) is 9.47 Å². The summed E-state index contributed by atoms with van der Waals surface area (Å²) >= 11 is 0. The molecule has 140 valence electrons. The molecule has 1 unspecified atom stereocenters. The minimum Gasteiger partial charge on any atom is -0.481 e. The number of aliphatic hydroxyl groups is 1. The second-order valence-electron chi connectivity index (χ2n) is 5.76. The Hall–Kier alpha value is -2.67. The number of carbonyl (C=O) groups excluding carboxylic acids is 1. The van der Waals surface area contributed by atoms with Crippen LogP contribution in [0.3, 0.4) is 0 Å². The summed E-state index contributed by atoms with van der Waals surface area (Å²) in [5, 5.41) is 14.4. The number of benzene rings is 1. The van der Waals surface area contributed by atoms with Gasteiger partial charge in [-0.2, -0.15) is 9.97 Å². The Morgan fingerprint density at radius 3 is 2.38 bits per heavy atom. The zero-order chi connectivity index (χ0) is 19.2. The smallest absolute Gasteiger partial charge is 0.319 e. The van der Waals surface area contributed by atoms with Gasteiger partial charge in [0.25, 0.3) is 0 Å². The Balaban J connectivity index is 2.71. The van der Waals surface area contributed by atoms with Crippen molar-refractivity contribution in [2.24, 2.45) is 0 Å². The summed E-state index contributed by atoms with van der Waals surface area (Å²) in [5.41, 5.74) is -0.149. The fourth-order valence-electron chi connectivity index (χ4n) is 2.89. The Morgan fingerprint density at radius 1 is 1.15 bits per heavy atom. The minimum atomic E-state index is -1.64. The third-order valence-electron chi connectivity index (χ3n) is 4.11. The molecule has 7 nitrogen and oxygen atoms in total. The van der Waals surface area contributed by atoms with E-state index in [2.05, 4.69) is 15.3 Å². The highest BCUT2D eigenvalue weighted by Crippen LogP contribution is 2.37. The maximum Gasteiger partial charge on any atom is 0.319 e. The van der Waals surface area contributed by atoms with E-state index in [1.54, 1.807) is 24.3 Å². The number of nitrogens with zero attached hydrogens (tertiary/aromatic N) is 2. The largest absolute Gasteiger partial charge is 0.481 e. The van der Waals surface area contributed by atoms with Crippen molar-refractivity contribution in [2.45, 2.75) is 32.3 Å². The lowest BCUT2D eigenvalue weighted by Gasteiger charge is -2.30. The van der Waals surface area contributed by atoms with E-state index in [0.717, 1.165) is 0 Å². The van der Waals surface area contributed by atoms with Crippen molar-refractivity contribution in [1.29, 1.82) is 0 Å². The van der Waals surface area contributed by atoms with Gasteiger partial charge in [-0.05, 0) is 18.9 Å². The van der Waals surface area contributed by atoms with Gasteiger partial charge in [0.15, 0.2) is 0 Å². The second kappa shape index (κ2) is 8.62. The summed E-state index contributed by atoms with van der Waals surface area (Å²) in [6, 6.07) is 9.05. The predicted octanol–water partition coefficient (Wildman–Crippen LogP) is 1.82. The number of hydrogen-bond acceptors (Lipinski definition) is 6. The van der Waals surface area contributed by atoms with Crippen LogP contribution in [-0.4, -0.2) is 41.7 Å². The van der Waals surface area contributed by atoms with E-state index in [9.17, 15) is 9.90 Å². The molecule has 0 radical (unpaired) electrons. The van der Waals surface area contributed by atoms with Crippen molar-refractivity contribution in [3.63, 3.8) is 0 Å². The monoisotopic (exact) mass is 359 g/mol. The molecule has 1 amide bonds. The zero-order valence-electron chi connectivity index (χ0n) is 15.6. The molecule has 2 aromatic rings. The predicted molar refractivity (Wildman–Crippen MR) is 97.3 cm³/mol. The van der Waals surface area contributed by atoms with Gasteiger partial charge in [0.2, 0.25) is 11.8 Å². The van der Waals surface area contributed by atoms with Crippen LogP contribution < -0.4 is 14.8 Å². The first-order valence-electron chi connectivity index (χ1n) is 8.54. The molecular formula is C19H25N3O4. The van der Waals surface area contributed by atoms with Crippen molar-refractivity contribution in [2.75, 3.05) is 20.8 Å². The number of carbonyl (C=O) groups is 1. The van der Waals surface area contributed by atoms with Gasteiger partial charge < -0.3 is 19.9 Å². The van der Waals surface area contributed by atoms with E-state index in [1.807, 2.05) is 19.9 Å². The molecule has 7 heteroatoms. The summed E-state index contributed by atoms with van der Waals surface area (Å²) < 4.78 is 10.5. The van der Waals surface area contributed by atoms with Crippen molar-refractivity contribution in [3.05, 3.63) is 47.2 Å². The van der Waals surface area contributed by atoms with Gasteiger partial charge in [0, 0.05) is 12.1 Å². The van der Waals surface area contributed by atoms with Crippen LogP contribution in [0.1, 0.15) is 37.1 Å². The number of amides is 1. The average Bonchev–Trinajstić information content (AvgIpc) is 2.67. The topological polar surface area (TPSA) is 93.6 Å². The van der Waals surface area contributed by atoms with E-state index in [-0.39, 0.29) is 18.3 Å². The van der Waals surface area contributed by atoms with Gasteiger partial charge in [0.1, 0.15) is 5.60 Å². The van der Waals surface area contributed by atoms with Crippen molar-refractivity contribution in [3.8, 4) is 11.9 Å². The number of rotatable bonds is 8. The van der Waals surface area contributed by atoms with Crippen LogP contribution in [0.5, 0.6) is 11.9 Å². The summed E-state index contributed by atoms with van der Waals surface area (Å²) in [5.74, 6) is 0.0389. The normalized spacial score (nSPS) is 13.0. The molecule has 0 fully saturated rings. The van der Waals surface area contributed by atoms with E-state index in [0.29, 0.717) is 35.7 Å². The van der Waals surface area contributed by atoms with Crippen LogP contribution in [0.4, 0.5) is 0 Å². The lowest BCUT2D eigenvalue weighted by molar-refractivity contribution is -0.125. The molecule has 1 aromatic carbocycles. The molecular weight excluding hydrogens is 334 g/mol. The Bertz CT molecular complexity index is 752. The van der Waals surface area contributed by atoms with E-state index >= 15 is 0 Å².